The van der Waals surface area contributed by atoms with Crippen molar-refractivity contribution in [2.24, 2.45) is 0 Å². The lowest BCUT2D eigenvalue weighted by Crippen LogP contribution is -2.33. The van der Waals surface area contributed by atoms with Crippen molar-refractivity contribution >= 4 is 15.7 Å². The van der Waals surface area contributed by atoms with E-state index in [1.54, 1.807) is 6.07 Å². The van der Waals surface area contributed by atoms with Crippen molar-refractivity contribution in [3.8, 4) is 12.1 Å². The third kappa shape index (κ3) is 5.99. The van der Waals surface area contributed by atoms with Crippen molar-refractivity contribution in [3.63, 3.8) is 0 Å². The van der Waals surface area contributed by atoms with E-state index in [0.717, 1.165) is 0 Å². The summed E-state index contributed by atoms with van der Waals surface area (Å²) < 4.78 is 22.6. The molecule has 7 heteroatoms. The molecule has 0 aromatic heterocycles. The first-order valence-electron chi connectivity index (χ1n) is 4.61. The molecule has 0 rings (SSSR count). The minimum Gasteiger partial charge on any atom is -0.344 e. The van der Waals surface area contributed by atoms with E-state index < -0.39 is 21.5 Å². The van der Waals surface area contributed by atoms with Gasteiger partial charge < -0.3 is 4.90 Å². The van der Waals surface area contributed by atoms with E-state index in [4.69, 9.17) is 10.5 Å². The number of hydrogen-bond donors (Lipinski definition) is 0. The van der Waals surface area contributed by atoms with E-state index in [1.165, 1.54) is 11.9 Å². The van der Waals surface area contributed by atoms with Crippen LogP contribution >= 0.6 is 0 Å². The summed E-state index contributed by atoms with van der Waals surface area (Å²) in [5.74, 6) is -1.45. The number of hydrogen-bond acceptors (Lipinski definition) is 5. The van der Waals surface area contributed by atoms with Gasteiger partial charge >= 0.3 is 0 Å². The molecule has 0 bridgehead atoms. The lowest BCUT2D eigenvalue weighted by atomic mass is 10.4. The first-order chi connectivity index (χ1) is 7.43. The highest BCUT2D eigenvalue weighted by Crippen LogP contribution is 1.97. The molecular weight excluding hydrogens is 230 g/mol. The Bertz CT molecular complexity index is 416. The first kappa shape index (κ1) is 14.4. The van der Waals surface area contributed by atoms with Crippen LogP contribution in [0.2, 0.25) is 0 Å². The van der Waals surface area contributed by atoms with Crippen molar-refractivity contribution in [2.45, 2.75) is 12.8 Å². The number of nitriles is 2. The maximum absolute atomic E-state index is 11.4. The number of carbonyl (C=O) groups excluding carboxylic acids is 1. The van der Waals surface area contributed by atoms with Crippen LogP contribution in [0.1, 0.15) is 12.8 Å². The van der Waals surface area contributed by atoms with Gasteiger partial charge in [0, 0.05) is 20.0 Å². The summed E-state index contributed by atoms with van der Waals surface area (Å²) in [6.07, 6.45) is 0.0536. The third-order valence-electron chi connectivity index (χ3n) is 1.85. The second-order valence-electron chi connectivity index (χ2n) is 3.22. The molecule has 0 aliphatic rings. The fourth-order valence-electron chi connectivity index (χ4n) is 0.914. The molecule has 0 aliphatic carbocycles. The SMILES string of the molecule is CN(CCC#N)C(=O)CS(=O)(=O)CCC#N. The molecule has 0 radical (unpaired) electrons. The summed E-state index contributed by atoms with van der Waals surface area (Å²) in [7, 11) is -2.07. The molecule has 0 unspecified atom stereocenters. The Morgan fingerprint density at radius 2 is 1.81 bits per heavy atom. The second kappa shape index (κ2) is 6.81. The topological polar surface area (TPSA) is 102 Å². The van der Waals surface area contributed by atoms with Crippen LogP contribution in [0.25, 0.3) is 0 Å². The molecule has 0 saturated carbocycles. The normalized spacial score (nSPS) is 10.2. The molecule has 6 nitrogen and oxygen atoms in total. The maximum Gasteiger partial charge on any atom is 0.237 e. The Balaban J connectivity index is 4.24. The molecule has 0 aliphatic heterocycles. The highest BCUT2D eigenvalue weighted by Gasteiger charge is 2.18. The number of nitrogens with zero attached hydrogens (tertiary/aromatic N) is 3. The number of amides is 1. The summed E-state index contributed by atoms with van der Waals surface area (Å²) in [4.78, 5) is 12.6. The van der Waals surface area contributed by atoms with Crippen molar-refractivity contribution in [2.75, 3.05) is 25.1 Å². The van der Waals surface area contributed by atoms with Crippen molar-refractivity contribution in [3.05, 3.63) is 0 Å². The lowest BCUT2D eigenvalue weighted by molar-refractivity contribution is -0.127. The zero-order valence-corrected chi connectivity index (χ0v) is 9.83. The molecule has 16 heavy (non-hydrogen) atoms. The highest BCUT2D eigenvalue weighted by atomic mass is 32.2. The Morgan fingerprint density at radius 3 is 2.31 bits per heavy atom. The summed E-state index contributed by atoms with van der Waals surface area (Å²) >= 11 is 0. The zero-order chi connectivity index (χ0) is 12.6. The number of carbonyl (C=O) groups is 1. The lowest BCUT2D eigenvalue weighted by Gasteiger charge is -2.14. The average Bonchev–Trinajstić information content (AvgIpc) is 2.22. The van der Waals surface area contributed by atoms with Gasteiger partial charge in [-0.05, 0) is 0 Å². The fourth-order valence-corrected chi connectivity index (χ4v) is 2.06. The van der Waals surface area contributed by atoms with Gasteiger partial charge in [0.15, 0.2) is 9.84 Å². The monoisotopic (exact) mass is 243 g/mol. The molecule has 0 aromatic carbocycles. The molecule has 0 spiro atoms. The largest absolute Gasteiger partial charge is 0.344 e. The minimum absolute atomic E-state index is 0.114. The molecule has 0 fully saturated rings. The van der Waals surface area contributed by atoms with Crippen molar-refractivity contribution in [1.29, 1.82) is 10.5 Å². The van der Waals surface area contributed by atoms with E-state index in [9.17, 15) is 13.2 Å². The van der Waals surface area contributed by atoms with Gasteiger partial charge in [0.05, 0.1) is 24.3 Å². The van der Waals surface area contributed by atoms with Gasteiger partial charge in [0.1, 0.15) is 5.75 Å². The van der Waals surface area contributed by atoms with Gasteiger partial charge in [-0.3, -0.25) is 4.79 Å². The van der Waals surface area contributed by atoms with Gasteiger partial charge in [-0.1, -0.05) is 0 Å². The van der Waals surface area contributed by atoms with Crippen molar-refractivity contribution in [1.82, 2.24) is 4.90 Å². The first-order valence-corrected chi connectivity index (χ1v) is 6.43. The maximum atomic E-state index is 11.4. The van der Waals surface area contributed by atoms with Crippen LogP contribution in [0.4, 0.5) is 0 Å². The van der Waals surface area contributed by atoms with Gasteiger partial charge in [-0.2, -0.15) is 10.5 Å². The third-order valence-corrected chi connectivity index (χ3v) is 3.37. The van der Waals surface area contributed by atoms with E-state index >= 15 is 0 Å². The van der Waals surface area contributed by atoms with Crippen molar-refractivity contribution < 1.29 is 13.2 Å². The van der Waals surface area contributed by atoms with Gasteiger partial charge in [-0.15, -0.1) is 0 Å². The van der Waals surface area contributed by atoms with Gasteiger partial charge in [-0.25, -0.2) is 8.42 Å². The molecule has 0 N–H and O–H groups in total. The summed E-state index contributed by atoms with van der Waals surface area (Å²) in [5.41, 5.74) is 0. The van der Waals surface area contributed by atoms with Gasteiger partial charge in [0.2, 0.25) is 5.91 Å². The van der Waals surface area contributed by atoms with Crippen LogP contribution in [0.15, 0.2) is 0 Å². The smallest absolute Gasteiger partial charge is 0.237 e. The average molecular weight is 243 g/mol. The predicted octanol–water partition coefficient (Wildman–Crippen LogP) is -0.313. The molecule has 0 atom stereocenters. The van der Waals surface area contributed by atoms with Crippen LogP contribution in [-0.4, -0.2) is 44.3 Å². The van der Waals surface area contributed by atoms with Crippen LogP contribution in [0.5, 0.6) is 0 Å². The van der Waals surface area contributed by atoms with Crippen LogP contribution < -0.4 is 0 Å². The van der Waals surface area contributed by atoms with Crippen LogP contribution in [0.3, 0.4) is 0 Å². The Morgan fingerprint density at radius 1 is 1.25 bits per heavy atom. The second-order valence-corrected chi connectivity index (χ2v) is 5.41. The van der Waals surface area contributed by atoms with E-state index in [2.05, 4.69) is 0 Å². The Labute approximate surface area is 95.0 Å². The predicted molar refractivity (Wildman–Crippen MR) is 56.8 cm³/mol. The summed E-state index contributed by atoms with van der Waals surface area (Å²) in [6, 6.07) is 3.58. The number of sulfone groups is 1. The van der Waals surface area contributed by atoms with E-state index in [0.29, 0.717) is 0 Å². The molecule has 1 amide bonds. The molecule has 0 aromatic rings. The Kier molecular flexibility index (Phi) is 6.12. The summed E-state index contributed by atoms with van der Waals surface area (Å²) in [6.45, 7) is 0.211. The summed E-state index contributed by atoms with van der Waals surface area (Å²) in [5, 5.41) is 16.5. The molecule has 0 saturated heterocycles. The van der Waals surface area contributed by atoms with Crippen LogP contribution in [-0.2, 0) is 14.6 Å². The minimum atomic E-state index is -3.51. The Hall–Kier alpha value is -1.60. The highest BCUT2D eigenvalue weighted by molar-refractivity contribution is 7.92. The van der Waals surface area contributed by atoms with Gasteiger partial charge in [0.25, 0.3) is 0 Å². The van der Waals surface area contributed by atoms with E-state index in [1.807, 2.05) is 6.07 Å². The standard InChI is InChI=1S/C9H13N3O3S/c1-12(6-2-4-10)9(13)8-16(14,15)7-3-5-11/h2-3,6-8H2,1H3. The quantitative estimate of drug-likeness (QED) is 0.636. The molecular formula is C9H13N3O3S. The zero-order valence-electron chi connectivity index (χ0n) is 9.01. The molecule has 88 valence electrons. The van der Waals surface area contributed by atoms with E-state index in [-0.39, 0.29) is 25.1 Å². The van der Waals surface area contributed by atoms with Crippen LogP contribution in [0, 0.1) is 22.7 Å². The fraction of sp³-hybridized carbons (Fsp3) is 0.667. The molecule has 0 heterocycles. The number of rotatable bonds is 6.